The first-order valence-electron chi connectivity index (χ1n) is 16.4. The van der Waals surface area contributed by atoms with E-state index in [-0.39, 0.29) is 11.8 Å². The number of nitrogens with zero attached hydrogens (tertiary/aromatic N) is 9. The molecule has 1 aliphatic heterocycles. The number of methoxy groups -OCH3 is 1. The number of halogens is 1. The average Bonchev–Trinajstić information content (AvgIpc) is 3.77. The van der Waals surface area contributed by atoms with Crippen molar-refractivity contribution in [2.45, 2.75) is 70.2 Å². The minimum Gasteiger partial charge on any atom is -0.487 e. The molecule has 1 atom stereocenters. The number of benzene rings is 1. The number of morpholine rings is 1. The predicted molar refractivity (Wildman–Crippen MR) is 176 cm³/mol. The van der Waals surface area contributed by atoms with Crippen LogP contribution in [0.5, 0.6) is 11.6 Å². The third-order valence-electron chi connectivity index (χ3n) is 8.67. The van der Waals surface area contributed by atoms with E-state index in [1.54, 1.807) is 30.5 Å². The lowest BCUT2D eigenvalue weighted by Gasteiger charge is -2.47. The monoisotopic (exact) mass is 666 g/mol. The van der Waals surface area contributed by atoms with Crippen LogP contribution in [-0.2, 0) is 21.7 Å². The summed E-state index contributed by atoms with van der Waals surface area (Å²) in [6.45, 7) is 6.90. The first-order chi connectivity index (χ1) is 23.0. The molecule has 0 amide bonds. The summed E-state index contributed by atoms with van der Waals surface area (Å²) in [7, 11) is 1.71. The Morgan fingerprint density at radius 1 is 1.04 bits per heavy atom. The van der Waals surface area contributed by atoms with Gasteiger partial charge in [0.05, 0.1) is 37.6 Å². The van der Waals surface area contributed by atoms with Gasteiger partial charge in [0.15, 0.2) is 0 Å². The maximum Gasteiger partial charge on any atom is 0.257 e. The van der Waals surface area contributed by atoms with Crippen molar-refractivity contribution >= 4 is 23.2 Å². The third-order valence-corrected chi connectivity index (χ3v) is 8.98. The van der Waals surface area contributed by atoms with Gasteiger partial charge in [-0.25, -0.2) is 19.3 Å². The van der Waals surface area contributed by atoms with Gasteiger partial charge in [0.25, 0.3) is 5.88 Å². The minimum atomic E-state index is -0.209. The van der Waals surface area contributed by atoms with E-state index in [1.807, 2.05) is 25.1 Å². The molecule has 1 unspecified atom stereocenters. The number of rotatable bonds is 15. The Hall–Kier alpha value is -3.85. The second-order valence-electron chi connectivity index (χ2n) is 12.0. The number of unbranched alkanes of at least 4 members (excludes halogenated alkanes) is 1. The lowest BCUT2D eigenvalue weighted by Crippen LogP contribution is -2.56. The van der Waals surface area contributed by atoms with Crippen molar-refractivity contribution in [3.63, 3.8) is 0 Å². The zero-order valence-electron chi connectivity index (χ0n) is 27.1. The fourth-order valence-electron chi connectivity index (χ4n) is 6.29. The summed E-state index contributed by atoms with van der Waals surface area (Å²) >= 11 is 6.47. The van der Waals surface area contributed by atoms with Crippen LogP contribution in [-0.4, -0.2) is 97.6 Å². The second-order valence-corrected chi connectivity index (χ2v) is 12.4. The van der Waals surface area contributed by atoms with Gasteiger partial charge in [-0.05, 0) is 73.6 Å². The zero-order valence-corrected chi connectivity index (χ0v) is 27.8. The molecule has 252 valence electrons. The van der Waals surface area contributed by atoms with Crippen LogP contribution in [0.15, 0.2) is 43.1 Å². The first-order valence-corrected chi connectivity index (χ1v) is 16.7. The molecular formula is C32H43ClN10O4. The highest BCUT2D eigenvalue weighted by atomic mass is 35.5. The Kier molecular flexibility index (Phi) is 11.1. The van der Waals surface area contributed by atoms with Crippen LogP contribution in [0.1, 0.15) is 51.9 Å². The SMILES string of the molecule is COCCCCOc1nn(C2(N3CCOCC3)CCCCC2)cc1Nc1ncc(-c2ccc(Cl)c(OC(C)Cn3cnnn3)c2)cn1. The van der Waals surface area contributed by atoms with Crippen LogP contribution in [0.2, 0.25) is 5.02 Å². The highest BCUT2D eigenvalue weighted by Gasteiger charge is 2.42. The summed E-state index contributed by atoms with van der Waals surface area (Å²) in [5.74, 6) is 1.55. The third kappa shape index (κ3) is 8.18. The maximum absolute atomic E-state index is 6.47. The molecule has 6 rings (SSSR count). The van der Waals surface area contributed by atoms with Gasteiger partial charge < -0.3 is 24.3 Å². The number of aromatic nitrogens is 8. The number of anilines is 2. The summed E-state index contributed by atoms with van der Waals surface area (Å²) in [4.78, 5) is 11.8. The van der Waals surface area contributed by atoms with Gasteiger partial charge in [0.1, 0.15) is 29.5 Å². The normalized spacial score (nSPS) is 17.3. The first kappa shape index (κ1) is 33.1. The second kappa shape index (κ2) is 15.8. The molecule has 0 bridgehead atoms. The lowest BCUT2D eigenvalue weighted by molar-refractivity contribution is -0.0836. The summed E-state index contributed by atoms with van der Waals surface area (Å²) in [5, 5.41) is 20.2. The zero-order chi connectivity index (χ0) is 32.5. The van der Waals surface area contributed by atoms with Crippen molar-refractivity contribution in [1.29, 1.82) is 0 Å². The molecule has 1 aliphatic carbocycles. The molecule has 0 spiro atoms. The van der Waals surface area contributed by atoms with E-state index >= 15 is 0 Å². The highest BCUT2D eigenvalue weighted by molar-refractivity contribution is 6.32. The molecule has 15 heteroatoms. The van der Waals surface area contributed by atoms with Crippen LogP contribution in [0.25, 0.3) is 11.1 Å². The quantitative estimate of drug-likeness (QED) is 0.172. The molecule has 14 nitrogen and oxygen atoms in total. The van der Waals surface area contributed by atoms with Crippen LogP contribution in [0, 0.1) is 0 Å². The van der Waals surface area contributed by atoms with Gasteiger partial charge in [-0.3, -0.25) is 4.90 Å². The largest absolute Gasteiger partial charge is 0.487 e. The van der Waals surface area contributed by atoms with E-state index in [9.17, 15) is 0 Å². The van der Waals surface area contributed by atoms with Gasteiger partial charge in [-0.15, -0.1) is 10.2 Å². The van der Waals surface area contributed by atoms with E-state index in [2.05, 4.69) is 46.6 Å². The molecule has 4 aromatic rings. The topological polar surface area (TPSA) is 139 Å². The highest BCUT2D eigenvalue weighted by Crippen LogP contribution is 2.41. The van der Waals surface area contributed by atoms with E-state index in [4.69, 9.17) is 35.6 Å². The van der Waals surface area contributed by atoms with Crippen molar-refractivity contribution in [3.05, 3.63) is 48.1 Å². The van der Waals surface area contributed by atoms with Crippen molar-refractivity contribution < 1.29 is 18.9 Å². The van der Waals surface area contributed by atoms with Crippen LogP contribution < -0.4 is 14.8 Å². The summed E-state index contributed by atoms with van der Waals surface area (Å²) in [6.07, 6.45) is 14.4. The predicted octanol–water partition coefficient (Wildman–Crippen LogP) is 4.95. The van der Waals surface area contributed by atoms with Gasteiger partial charge in [-0.2, -0.15) is 0 Å². The Morgan fingerprint density at radius 2 is 1.83 bits per heavy atom. The fraction of sp³-hybridized carbons (Fsp3) is 0.562. The van der Waals surface area contributed by atoms with Crippen molar-refractivity contribution in [2.24, 2.45) is 0 Å². The molecule has 1 saturated heterocycles. The molecule has 0 radical (unpaired) electrons. The van der Waals surface area contributed by atoms with Crippen LogP contribution in [0.4, 0.5) is 11.6 Å². The molecule has 47 heavy (non-hydrogen) atoms. The smallest absolute Gasteiger partial charge is 0.257 e. The molecular weight excluding hydrogens is 624 g/mol. The van der Waals surface area contributed by atoms with Gasteiger partial charge in [-0.1, -0.05) is 24.1 Å². The van der Waals surface area contributed by atoms with Gasteiger partial charge in [0, 0.05) is 44.8 Å². The molecule has 1 aromatic carbocycles. The molecule has 1 saturated carbocycles. The number of nitrogens with one attached hydrogen (secondary N) is 1. The standard InChI is InChI=1S/C32H43ClN10O4/c1-24(21-42-23-36-39-40-42)47-29-18-25(8-9-27(29)33)26-19-34-31(35-20-26)37-28-22-43(38-30(28)46-15-7-6-14-44-2)32(10-4-3-5-11-32)41-12-16-45-17-13-41/h8-9,18-20,22-24H,3-7,10-17,21H2,1-2H3,(H,34,35,37). The van der Waals surface area contributed by atoms with Crippen molar-refractivity contribution in [1.82, 2.24) is 44.9 Å². The summed E-state index contributed by atoms with van der Waals surface area (Å²) in [6, 6.07) is 5.61. The number of ether oxygens (including phenoxy) is 4. The van der Waals surface area contributed by atoms with E-state index in [0.717, 1.165) is 81.6 Å². The Morgan fingerprint density at radius 3 is 2.57 bits per heavy atom. The van der Waals surface area contributed by atoms with Crippen molar-refractivity contribution in [3.8, 4) is 22.8 Å². The molecule has 1 N–H and O–H groups in total. The minimum absolute atomic E-state index is 0.206. The molecule has 2 fully saturated rings. The van der Waals surface area contributed by atoms with Gasteiger partial charge >= 0.3 is 0 Å². The molecule has 4 heterocycles. The molecule has 2 aliphatic rings. The van der Waals surface area contributed by atoms with E-state index < -0.39 is 0 Å². The summed E-state index contributed by atoms with van der Waals surface area (Å²) < 4.78 is 27.0. The van der Waals surface area contributed by atoms with E-state index in [1.165, 1.54) is 6.42 Å². The number of hydrogen-bond acceptors (Lipinski definition) is 12. The maximum atomic E-state index is 6.47. The Balaban J connectivity index is 1.20. The number of hydrogen-bond donors (Lipinski definition) is 1. The van der Waals surface area contributed by atoms with Crippen LogP contribution in [0.3, 0.4) is 0 Å². The Bertz CT molecular complexity index is 1540. The number of tetrazole rings is 1. The van der Waals surface area contributed by atoms with Gasteiger partial charge in [0.2, 0.25) is 5.95 Å². The summed E-state index contributed by atoms with van der Waals surface area (Å²) in [5.41, 5.74) is 2.23. The fourth-order valence-corrected chi connectivity index (χ4v) is 6.45. The van der Waals surface area contributed by atoms with E-state index in [0.29, 0.717) is 42.4 Å². The van der Waals surface area contributed by atoms with Crippen molar-refractivity contribution in [2.75, 3.05) is 51.9 Å². The van der Waals surface area contributed by atoms with Crippen LogP contribution >= 0.6 is 11.6 Å². The Labute approximate surface area is 279 Å². The molecule has 3 aromatic heterocycles. The lowest BCUT2D eigenvalue weighted by atomic mass is 9.87. The average molecular weight is 667 g/mol.